The third kappa shape index (κ3) is 3.06. The second-order valence-electron chi connectivity index (χ2n) is 8.51. The number of hydrogen-bond acceptors (Lipinski definition) is 6. The molecule has 0 radical (unpaired) electrons. The van der Waals surface area contributed by atoms with Crippen LogP contribution in [0.2, 0.25) is 0 Å². The van der Waals surface area contributed by atoms with Gasteiger partial charge in [0.2, 0.25) is 0 Å². The summed E-state index contributed by atoms with van der Waals surface area (Å²) >= 11 is 0. The van der Waals surface area contributed by atoms with Crippen LogP contribution in [0.3, 0.4) is 0 Å². The Morgan fingerprint density at radius 1 is 1.19 bits per heavy atom. The maximum atomic E-state index is 12.7. The summed E-state index contributed by atoms with van der Waals surface area (Å²) in [5, 5.41) is 3.98. The summed E-state index contributed by atoms with van der Waals surface area (Å²) in [6, 6.07) is 0. The van der Waals surface area contributed by atoms with Gasteiger partial charge in [-0.05, 0) is 19.8 Å². The number of anilines is 1. The molecule has 1 aliphatic carbocycles. The standard InChI is InChI=1S/C18H24F2N6O/c1-17-9-18(10-17,12-27-17)11-24-2-4-25(5-3-24)15-7-21-13-6-22-26(8-14(19)20)16(13)23-15/h6-7,14H,2-5,8-12H2,1H3. The molecular formula is C18H24F2N6O. The number of piperazine rings is 1. The third-order valence-corrected chi connectivity index (χ3v) is 6.12. The highest BCUT2D eigenvalue weighted by atomic mass is 19.3. The first-order valence-electron chi connectivity index (χ1n) is 9.52. The van der Waals surface area contributed by atoms with Gasteiger partial charge in [-0.25, -0.2) is 23.4 Å². The van der Waals surface area contributed by atoms with Gasteiger partial charge in [0.15, 0.2) is 5.65 Å². The third-order valence-electron chi connectivity index (χ3n) is 6.12. The van der Waals surface area contributed by atoms with E-state index in [2.05, 4.69) is 31.8 Å². The van der Waals surface area contributed by atoms with Crippen LogP contribution in [0.1, 0.15) is 19.8 Å². The van der Waals surface area contributed by atoms with E-state index < -0.39 is 13.0 Å². The molecule has 0 aromatic carbocycles. The Kier molecular flexibility index (Phi) is 3.87. The van der Waals surface area contributed by atoms with Gasteiger partial charge in [-0.15, -0.1) is 0 Å². The van der Waals surface area contributed by atoms with E-state index in [1.807, 2.05) is 0 Å². The molecule has 0 N–H and O–H groups in total. The highest BCUT2D eigenvalue weighted by Gasteiger charge is 2.59. The summed E-state index contributed by atoms with van der Waals surface area (Å²) in [7, 11) is 0. The number of alkyl halides is 2. The first-order valence-corrected chi connectivity index (χ1v) is 9.52. The minimum Gasteiger partial charge on any atom is -0.375 e. The van der Waals surface area contributed by atoms with Crippen LogP contribution in [0.25, 0.3) is 11.2 Å². The van der Waals surface area contributed by atoms with Gasteiger partial charge in [0.05, 0.1) is 24.6 Å². The van der Waals surface area contributed by atoms with E-state index in [9.17, 15) is 8.78 Å². The zero-order valence-electron chi connectivity index (χ0n) is 15.4. The lowest BCUT2D eigenvalue weighted by atomic mass is 9.63. The second-order valence-corrected chi connectivity index (χ2v) is 8.51. The summed E-state index contributed by atoms with van der Waals surface area (Å²) in [4.78, 5) is 13.6. The molecule has 4 aliphatic rings. The molecule has 3 saturated heterocycles. The molecule has 4 fully saturated rings. The first kappa shape index (κ1) is 17.2. The molecule has 2 bridgehead atoms. The van der Waals surface area contributed by atoms with Crippen LogP contribution in [0, 0.1) is 5.41 Å². The lowest BCUT2D eigenvalue weighted by Crippen LogP contribution is -2.54. The van der Waals surface area contributed by atoms with Crippen molar-refractivity contribution in [2.75, 3.05) is 44.2 Å². The molecule has 0 spiro atoms. The van der Waals surface area contributed by atoms with Gasteiger partial charge in [-0.3, -0.25) is 4.90 Å². The lowest BCUT2D eigenvalue weighted by Gasteiger charge is -2.46. The van der Waals surface area contributed by atoms with E-state index in [-0.39, 0.29) is 5.60 Å². The average molecular weight is 378 g/mol. The van der Waals surface area contributed by atoms with Crippen molar-refractivity contribution in [3.63, 3.8) is 0 Å². The lowest BCUT2D eigenvalue weighted by molar-refractivity contribution is -0.00595. The molecule has 2 aromatic heterocycles. The number of aromatic nitrogens is 4. The van der Waals surface area contributed by atoms with Gasteiger partial charge in [0, 0.05) is 38.1 Å². The van der Waals surface area contributed by atoms with E-state index in [0.29, 0.717) is 16.6 Å². The minimum atomic E-state index is -2.46. The van der Waals surface area contributed by atoms with Crippen LogP contribution >= 0.6 is 0 Å². The van der Waals surface area contributed by atoms with E-state index >= 15 is 0 Å². The highest BCUT2D eigenvalue weighted by molar-refractivity contribution is 5.71. The Balaban J connectivity index is 1.24. The minimum absolute atomic E-state index is 0.133. The van der Waals surface area contributed by atoms with E-state index in [1.165, 1.54) is 23.7 Å². The molecule has 5 heterocycles. The Labute approximate surface area is 156 Å². The van der Waals surface area contributed by atoms with Crippen LogP contribution in [-0.4, -0.2) is 76.0 Å². The molecule has 3 aliphatic heterocycles. The van der Waals surface area contributed by atoms with Crippen LogP contribution in [0.15, 0.2) is 12.4 Å². The number of fused-ring (bicyclic) bond motifs is 2. The van der Waals surface area contributed by atoms with Crippen LogP contribution in [0.4, 0.5) is 14.6 Å². The van der Waals surface area contributed by atoms with Crippen molar-refractivity contribution in [1.29, 1.82) is 0 Å². The van der Waals surface area contributed by atoms with Gasteiger partial charge >= 0.3 is 0 Å². The number of rotatable bonds is 5. The zero-order valence-corrected chi connectivity index (χ0v) is 15.4. The van der Waals surface area contributed by atoms with Crippen molar-refractivity contribution >= 4 is 17.0 Å². The molecule has 0 amide bonds. The Bertz CT molecular complexity index is 841. The summed E-state index contributed by atoms with van der Waals surface area (Å²) < 4.78 is 32.6. The zero-order chi connectivity index (χ0) is 18.6. The van der Waals surface area contributed by atoms with E-state index in [4.69, 9.17) is 4.74 Å². The summed E-state index contributed by atoms with van der Waals surface area (Å²) in [6.07, 6.45) is 3.09. The van der Waals surface area contributed by atoms with Crippen LogP contribution in [-0.2, 0) is 11.3 Å². The van der Waals surface area contributed by atoms with Gasteiger partial charge in [0.25, 0.3) is 6.43 Å². The molecule has 9 heteroatoms. The fraction of sp³-hybridized carbons (Fsp3) is 0.722. The molecule has 7 nitrogen and oxygen atoms in total. The van der Waals surface area contributed by atoms with Crippen LogP contribution < -0.4 is 4.90 Å². The molecular weight excluding hydrogens is 354 g/mol. The van der Waals surface area contributed by atoms with E-state index in [0.717, 1.165) is 45.1 Å². The fourth-order valence-corrected chi connectivity index (χ4v) is 5.09. The predicted molar refractivity (Wildman–Crippen MR) is 96.0 cm³/mol. The van der Waals surface area contributed by atoms with Crippen molar-refractivity contribution in [3.05, 3.63) is 12.4 Å². The second kappa shape index (κ2) is 6.07. The summed E-state index contributed by atoms with van der Waals surface area (Å²) in [5.74, 6) is 0.733. The van der Waals surface area contributed by atoms with Gasteiger partial charge in [-0.1, -0.05) is 0 Å². The Morgan fingerprint density at radius 3 is 2.63 bits per heavy atom. The molecule has 146 valence electrons. The van der Waals surface area contributed by atoms with Crippen molar-refractivity contribution < 1.29 is 13.5 Å². The maximum Gasteiger partial charge on any atom is 0.258 e. The molecule has 0 atom stereocenters. The van der Waals surface area contributed by atoms with Crippen molar-refractivity contribution in [2.45, 2.75) is 38.3 Å². The highest BCUT2D eigenvalue weighted by Crippen LogP contribution is 2.57. The Morgan fingerprint density at radius 2 is 1.96 bits per heavy atom. The molecule has 0 unspecified atom stereocenters. The van der Waals surface area contributed by atoms with Gasteiger partial charge < -0.3 is 9.64 Å². The Hall–Kier alpha value is -1.87. The quantitative estimate of drug-likeness (QED) is 0.791. The molecule has 27 heavy (non-hydrogen) atoms. The average Bonchev–Trinajstić information content (AvgIpc) is 3.26. The van der Waals surface area contributed by atoms with E-state index in [1.54, 1.807) is 6.20 Å². The van der Waals surface area contributed by atoms with Gasteiger partial charge in [0.1, 0.15) is 17.9 Å². The monoisotopic (exact) mass is 378 g/mol. The SMILES string of the molecule is CC12CC(CN3CCN(c4cnc5cnn(CC(F)F)c5n4)CC3)(CO1)C2. The number of nitrogens with zero attached hydrogens (tertiary/aromatic N) is 6. The van der Waals surface area contributed by atoms with Crippen molar-refractivity contribution in [1.82, 2.24) is 24.6 Å². The molecule has 1 saturated carbocycles. The smallest absolute Gasteiger partial charge is 0.258 e. The fourth-order valence-electron chi connectivity index (χ4n) is 5.09. The number of halogens is 2. The maximum absolute atomic E-state index is 12.7. The van der Waals surface area contributed by atoms with Crippen molar-refractivity contribution in [3.8, 4) is 0 Å². The summed E-state index contributed by atoms with van der Waals surface area (Å²) in [5.41, 5.74) is 1.46. The predicted octanol–water partition coefficient (Wildman–Crippen LogP) is 1.78. The summed E-state index contributed by atoms with van der Waals surface area (Å²) in [6.45, 7) is 7.39. The van der Waals surface area contributed by atoms with Crippen molar-refractivity contribution in [2.24, 2.45) is 5.41 Å². The van der Waals surface area contributed by atoms with Crippen LogP contribution in [0.5, 0.6) is 0 Å². The topological polar surface area (TPSA) is 59.3 Å². The number of hydrogen-bond donors (Lipinski definition) is 0. The largest absolute Gasteiger partial charge is 0.375 e. The molecule has 6 rings (SSSR count). The number of ether oxygens (including phenoxy) is 1. The van der Waals surface area contributed by atoms with Gasteiger partial charge in [-0.2, -0.15) is 5.10 Å². The normalized spacial score (nSPS) is 31.0. The first-order chi connectivity index (χ1) is 12.9. The molecule has 2 aromatic rings.